The van der Waals surface area contributed by atoms with Crippen LogP contribution in [0, 0.1) is 5.92 Å². The molecule has 1 N–H and O–H groups in total. The first-order chi connectivity index (χ1) is 9.00. The van der Waals surface area contributed by atoms with Crippen LogP contribution in [0.1, 0.15) is 40.0 Å². The molecular formula is C14H25NO4. The molecule has 0 aromatic carbocycles. The van der Waals surface area contributed by atoms with Crippen LogP contribution in [0.25, 0.3) is 0 Å². The zero-order valence-corrected chi connectivity index (χ0v) is 12.1. The van der Waals surface area contributed by atoms with E-state index in [4.69, 9.17) is 9.47 Å². The van der Waals surface area contributed by atoms with E-state index in [0.29, 0.717) is 6.61 Å². The first-order valence-electron chi connectivity index (χ1n) is 7.00. The van der Waals surface area contributed by atoms with Crippen molar-refractivity contribution in [3.05, 3.63) is 0 Å². The molecule has 2 atom stereocenters. The summed E-state index contributed by atoms with van der Waals surface area (Å²) in [6.07, 6.45) is 3.35. The van der Waals surface area contributed by atoms with Gasteiger partial charge in [-0.1, -0.05) is 13.8 Å². The number of ketones is 1. The second-order valence-corrected chi connectivity index (χ2v) is 5.40. The number of amides is 1. The Bertz CT molecular complexity index is 298. The molecule has 5 heteroatoms. The Labute approximate surface area is 115 Å². The maximum absolute atomic E-state index is 11.7. The molecule has 1 fully saturated rings. The number of carbonyl (C=O) groups excluding carboxylic acids is 2. The molecule has 110 valence electrons. The summed E-state index contributed by atoms with van der Waals surface area (Å²) in [6, 6.07) is -0.429. The molecule has 1 saturated heterocycles. The summed E-state index contributed by atoms with van der Waals surface area (Å²) < 4.78 is 10.9. The van der Waals surface area contributed by atoms with Gasteiger partial charge < -0.3 is 14.8 Å². The van der Waals surface area contributed by atoms with E-state index >= 15 is 0 Å². The monoisotopic (exact) mass is 271 g/mol. The Morgan fingerprint density at radius 1 is 1.37 bits per heavy atom. The van der Waals surface area contributed by atoms with Gasteiger partial charge in [-0.3, -0.25) is 9.59 Å². The third-order valence-corrected chi connectivity index (χ3v) is 3.23. The van der Waals surface area contributed by atoms with E-state index in [-0.39, 0.29) is 30.3 Å². The topological polar surface area (TPSA) is 64.6 Å². The molecule has 1 rings (SSSR count). The molecule has 1 aliphatic heterocycles. The lowest BCUT2D eigenvalue weighted by molar-refractivity contribution is -0.132. The van der Waals surface area contributed by atoms with Gasteiger partial charge in [-0.05, 0) is 32.1 Å². The number of ether oxygens (including phenoxy) is 2. The second-order valence-electron chi connectivity index (χ2n) is 5.40. The molecule has 0 aromatic heterocycles. The summed E-state index contributed by atoms with van der Waals surface area (Å²) >= 11 is 0. The maximum atomic E-state index is 11.7. The van der Waals surface area contributed by atoms with Gasteiger partial charge in [0.15, 0.2) is 5.78 Å². The molecule has 0 aliphatic carbocycles. The minimum Gasteiger partial charge on any atom is -0.376 e. The van der Waals surface area contributed by atoms with Gasteiger partial charge in [0, 0.05) is 6.61 Å². The smallest absolute Gasteiger partial charge is 0.246 e. The summed E-state index contributed by atoms with van der Waals surface area (Å²) in [5.41, 5.74) is 0. The molecule has 1 amide bonds. The van der Waals surface area contributed by atoms with E-state index in [0.717, 1.165) is 25.9 Å². The van der Waals surface area contributed by atoms with Crippen LogP contribution < -0.4 is 5.32 Å². The molecule has 0 saturated carbocycles. The largest absolute Gasteiger partial charge is 0.376 e. The molecule has 1 heterocycles. The van der Waals surface area contributed by atoms with Gasteiger partial charge in [0.25, 0.3) is 0 Å². The van der Waals surface area contributed by atoms with Gasteiger partial charge in [-0.15, -0.1) is 0 Å². The van der Waals surface area contributed by atoms with Crippen molar-refractivity contribution in [2.75, 3.05) is 19.8 Å². The van der Waals surface area contributed by atoms with E-state index in [1.54, 1.807) is 0 Å². The Balaban J connectivity index is 2.21. The van der Waals surface area contributed by atoms with Crippen molar-refractivity contribution in [2.45, 2.75) is 52.2 Å². The second kappa shape index (κ2) is 8.27. The number of carbonyl (C=O) groups is 2. The molecular weight excluding hydrogens is 246 g/mol. The van der Waals surface area contributed by atoms with E-state index in [1.165, 1.54) is 6.92 Å². The van der Waals surface area contributed by atoms with Crippen LogP contribution in [0.3, 0.4) is 0 Å². The highest BCUT2D eigenvalue weighted by molar-refractivity contribution is 5.88. The quantitative estimate of drug-likeness (QED) is 0.758. The molecule has 0 aromatic rings. The zero-order valence-electron chi connectivity index (χ0n) is 12.1. The van der Waals surface area contributed by atoms with Crippen molar-refractivity contribution < 1.29 is 19.1 Å². The number of hydrogen-bond donors (Lipinski definition) is 1. The predicted molar refractivity (Wildman–Crippen MR) is 71.9 cm³/mol. The highest BCUT2D eigenvalue weighted by Crippen LogP contribution is 2.12. The van der Waals surface area contributed by atoms with Crippen LogP contribution in [0.15, 0.2) is 0 Å². The zero-order chi connectivity index (χ0) is 14.3. The highest BCUT2D eigenvalue weighted by atomic mass is 16.5. The fourth-order valence-electron chi connectivity index (χ4n) is 2.17. The molecule has 0 radical (unpaired) electrons. The van der Waals surface area contributed by atoms with Gasteiger partial charge in [0.2, 0.25) is 5.91 Å². The average Bonchev–Trinajstić information content (AvgIpc) is 2.36. The van der Waals surface area contributed by atoms with Crippen LogP contribution in [-0.4, -0.2) is 43.7 Å². The minimum absolute atomic E-state index is 0.0175. The summed E-state index contributed by atoms with van der Waals surface area (Å²) in [7, 11) is 0. The van der Waals surface area contributed by atoms with Gasteiger partial charge in [-0.2, -0.15) is 0 Å². The Kier molecular flexibility index (Phi) is 7.02. The summed E-state index contributed by atoms with van der Waals surface area (Å²) in [5.74, 6) is -0.188. The van der Waals surface area contributed by atoms with Gasteiger partial charge in [-0.25, -0.2) is 0 Å². The lowest BCUT2D eigenvalue weighted by Gasteiger charge is -2.23. The number of rotatable bonds is 7. The molecule has 19 heavy (non-hydrogen) atoms. The van der Waals surface area contributed by atoms with E-state index in [2.05, 4.69) is 5.32 Å². The van der Waals surface area contributed by atoms with Gasteiger partial charge in [0.1, 0.15) is 6.61 Å². The first-order valence-corrected chi connectivity index (χ1v) is 7.00. The van der Waals surface area contributed by atoms with E-state index < -0.39 is 6.04 Å². The fraction of sp³-hybridized carbons (Fsp3) is 0.857. The predicted octanol–water partition coefficient (Wildman–Crippen LogP) is 1.30. The minimum atomic E-state index is -0.429. The molecule has 0 spiro atoms. The van der Waals surface area contributed by atoms with E-state index in [1.807, 2.05) is 13.8 Å². The molecule has 5 nitrogen and oxygen atoms in total. The van der Waals surface area contributed by atoms with Crippen molar-refractivity contribution in [1.82, 2.24) is 5.32 Å². The Morgan fingerprint density at radius 3 is 2.63 bits per heavy atom. The van der Waals surface area contributed by atoms with Crippen LogP contribution in [-0.2, 0) is 19.1 Å². The highest BCUT2D eigenvalue weighted by Gasteiger charge is 2.21. The summed E-state index contributed by atoms with van der Waals surface area (Å²) in [5, 5.41) is 2.70. The fourth-order valence-corrected chi connectivity index (χ4v) is 2.17. The van der Waals surface area contributed by atoms with Crippen LogP contribution in [0.5, 0.6) is 0 Å². The molecule has 1 aliphatic rings. The van der Waals surface area contributed by atoms with Gasteiger partial charge in [0.05, 0.1) is 18.8 Å². The van der Waals surface area contributed by atoms with Crippen LogP contribution >= 0.6 is 0 Å². The first kappa shape index (κ1) is 16.1. The van der Waals surface area contributed by atoms with Gasteiger partial charge >= 0.3 is 0 Å². The van der Waals surface area contributed by atoms with Crippen molar-refractivity contribution in [1.29, 1.82) is 0 Å². The Morgan fingerprint density at radius 2 is 2.11 bits per heavy atom. The van der Waals surface area contributed by atoms with Crippen molar-refractivity contribution >= 4 is 11.7 Å². The average molecular weight is 271 g/mol. The SMILES string of the molecule is CC(=O)C(NC(=O)COCC1CCCCO1)C(C)C. The normalized spacial score (nSPS) is 21.2. The molecule has 2 unspecified atom stereocenters. The third kappa shape index (κ3) is 6.16. The Hall–Kier alpha value is -0.940. The number of hydrogen-bond acceptors (Lipinski definition) is 4. The molecule has 0 bridgehead atoms. The maximum Gasteiger partial charge on any atom is 0.246 e. The summed E-state index contributed by atoms with van der Waals surface area (Å²) in [6.45, 7) is 6.50. The van der Waals surface area contributed by atoms with Crippen LogP contribution in [0.4, 0.5) is 0 Å². The van der Waals surface area contributed by atoms with Crippen molar-refractivity contribution in [3.8, 4) is 0 Å². The lowest BCUT2D eigenvalue weighted by atomic mass is 10.0. The van der Waals surface area contributed by atoms with E-state index in [9.17, 15) is 9.59 Å². The standard InChI is InChI=1S/C14H25NO4/c1-10(2)14(11(3)16)15-13(17)9-18-8-12-6-4-5-7-19-12/h10,12,14H,4-9H2,1-3H3,(H,15,17). The lowest BCUT2D eigenvalue weighted by Crippen LogP contribution is -2.45. The summed E-state index contributed by atoms with van der Waals surface area (Å²) in [4.78, 5) is 23.0. The van der Waals surface area contributed by atoms with Crippen LogP contribution in [0.2, 0.25) is 0 Å². The third-order valence-electron chi connectivity index (χ3n) is 3.23. The number of Topliss-reactive ketones (excluding diaryl/α,β-unsaturated/α-hetero) is 1. The van der Waals surface area contributed by atoms with Crippen molar-refractivity contribution in [3.63, 3.8) is 0 Å². The van der Waals surface area contributed by atoms with Crippen molar-refractivity contribution in [2.24, 2.45) is 5.92 Å². The number of nitrogens with one attached hydrogen (secondary N) is 1.